The van der Waals surface area contributed by atoms with Gasteiger partial charge >= 0.3 is 0 Å². The first kappa shape index (κ1) is 11.2. The SMILES string of the molecule is Clc1ccc(C(Br)Cc2cccs2)cc1. The van der Waals surface area contributed by atoms with Crippen LogP contribution in [0.3, 0.4) is 0 Å². The van der Waals surface area contributed by atoms with Crippen LogP contribution in [0.2, 0.25) is 5.02 Å². The third-order valence-corrected chi connectivity index (χ3v) is 4.20. The summed E-state index contributed by atoms with van der Waals surface area (Å²) in [5.74, 6) is 0. The highest BCUT2D eigenvalue weighted by atomic mass is 79.9. The highest BCUT2D eigenvalue weighted by Crippen LogP contribution is 2.29. The van der Waals surface area contributed by atoms with E-state index in [4.69, 9.17) is 11.6 Å². The smallest absolute Gasteiger partial charge is 0.0443 e. The number of hydrogen-bond donors (Lipinski definition) is 0. The van der Waals surface area contributed by atoms with E-state index in [1.165, 1.54) is 10.4 Å². The van der Waals surface area contributed by atoms with Crippen LogP contribution in [0.1, 0.15) is 15.3 Å². The lowest BCUT2D eigenvalue weighted by Crippen LogP contribution is -1.92. The molecule has 0 saturated heterocycles. The number of benzene rings is 1. The predicted octanol–water partition coefficient (Wildman–Crippen LogP) is 5.08. The molecule has 1 aromatic heterocycles. The molecule has 0 spiro atoms. The second-order valence-corrected chi connectivity index (χ2v) is 5.88. The van der Waals surface area contributed by atoms with Crippen LogP contribution in [-0.4, -0.2) is 0 Å². The van der Waals surface area contributed by atoms with Crippen molar-refractivity contribution in [2.75, 3.05) is 0 Å². The molecule has 3 heteroatoms. The molecular weight excluding hydrogens is 292 g/mol. The van der Waals surface area contributed by atoms with Gasteiger partial charge in [-0.05, 0) is 35.6 Å². The van der Waals surface area contributed by atoms with Crippen LogP contribution in [0.15, 0.2) is 41.8 Å². The molecule has 0 amide bonds. The number of alkyl halides is 1. The zero-order valence-electron chi connectivity index (χ0n) is 7.99. The van der Waals surface area contributed by atoms with Gasteiger partial charge in [-0.3, -0.25) is 0 Å². The first-order valence-corrected chi connectivity index (χ1v) is 6.85. The highest BCUT2D eigenvalue weighted by molar-refractivity contribution is 9.09. The molecule has 2 rings (SSSR count). The maximum atomic E-state index is 5.85. The van der Waals surface area contributed by atoms with Gasteiger partial charge in [-0.1, -0.05) is 45.7 Å². The molecule has 0 fully saturated rings. The van der Waals surface area contributed by atoms with Gasteiger partial charge in [0.1, 0.15) is 0 Å². The minimum absolute atomic E-state index is 0.369. The second-order valence-electron chi connectivity index (χ2n) is 3.30. The minimum Gasteiger partial charge on any atom is -0.149 e. The minimum atomic E-state index is 0.369. The van der Waals surface area contributed by atoms with Crippen molar-refractivity contribution in [1.29, 1.82) is 0 Å². The molecule has 0 radical (unpaired) electrons. The van der Waals surface area contributed by atoms with Crippen LogP contribution >= 0.6 is 38.9 Å². The normalized spacial score (nSPS) is 12.7. The summed E-state index contributed by atoms with van der Waals surface area (Å²) in [4.78, 5) is 1.76. The van der Waals surface area contributed by atoms with E-state index in [-0.39, 0.29) is 0 Å². The van der Waals surface area contributed by atoms with Crippen LogP contribution in [-0.2, 0) is 6.42 Å². The molecule has 1 heterocycles. The molecule has 0 aliphatic rings. The number of rotatable bonds is 3. The van der Waals surface area contributed by atoms with E-state index in [1.807, 2.05) is 12.1 Å². The van der Waals surface area contributed by atoms with E-state index < -0.39 is 0 Å². The highest BCUT2D eigenvalue weighted by Gasteiger charge is 2.08. The van der Waals surface area contributed by atoms with Gasteiger partial charge in [-0.15, -0.1) is 11.3 Å². The number of halogens is 2. The summed E-state index contributed by atoms with van der Waals surface area (Å²) in [7, 11) is 0. The van der Waals surface area contributed by atoms with Crippen LogP contribution < -0.4 is 0 Å². The van der Waals surface area contributed by atoms with Crippen LogP contribution in [0.25, 0.3) is 0 Å². The third-order valence-electron chi connectivity index (χ3n) is 2.19. The fourth-order valence-electron chi connectivity index (χ4n) is 1.39. The van der Waals surface area contributed by atoms with Crippen molar-refractivity contribution in [3.63, 3.8) is 0 Å². The van der Waals surface area contributed by atoms with Gasteiger partial charge in [-0.25, -0.2) is 0 Å². The van der Waals surface area contributed by atoms with E-state index in [2.05, 4.69) is 45.6 Å². The summed E-state index contributed by atoms with van der Waals surface area (Å²) >= 11 is 11.3. The summed E-state index contributed by atoms with van der Waals surface area (Å²) in [6.07, 6.45) is 1.03. The zero-order chi connectivity index (χ0) is 10.7. The topological polar surface area (TPSA) is 0 Å². The molecule has 15 heavy (non-hydrogen) atoms. The largest absolute Gasteiger partial charge is 0.149 e. The Morgan fingerprint density at radius 1 is 1.20 bits per heavy atom. The van der Waals surface area contributed by atoms with Gasteiger partial charge < -0.3 is 0 Å². The van der Waals surface area contributed by atoms with E-state index in [0.717, 1.165) is 11.4 Å². The third kappa shape index (κ3) is 3.07. The summed E-state index contributed by atoms with van der Waals surface area (Å²) in [5.41, 5.74) is 1.27. The predicted molar refractivity (Wildman–Crippen MR) is 71.1 cm³/mol. The van der Waals surface area contributed by atoms with E-state index in [9.17, 15) is 0 Å². The van der Waals surface area contributed by atoms with Crippen LogP contribution in [0.4, 0.5) is 0 Å². The van der Waals surface area contributed by atoms with Crippen LogP contribution in [0.5, 0.6) is 0 Å². The van der Waals surface area contributed by atoms with Gasteiger partial charge in [0, 0.05) is 14.7 Å². The van der Waals surface area contributed by atoms with Crippen molar-refractivity contribution in [3.8, 4) is 0 Å². The van der Waals surface area contributed by atoms with Crippen molar-refractivity contribution in [3.05, 3.63) is 57.2 Å². The summed E-state index contributed by atoms with van der Waals surface area (Å²) in [6, 6.07) is 12.2. The van der Waals surface area contributed by atoms with Gasteiger partial charge in [0.15, 0.2) is 0 Å². The van der Waals surface area contributed by atoms with Crippen molar-refractivity contribution in [2.45, 2.75) is 11.2 Å². The molecule has 0 aliphatic carbocycles. The number of thiophene rings is 1. The zero-order valence-corrected chi connectivity index (χ0v) is 11.1. The van der Waals surface area contributed by atoms with Crippen molar-refractivity contribution >= 4 is 38.9 Å². The van der Waals surface area contributed by atoms with E-state index >= 15 is 0 Å². The van der Waals surface area contributed by atoms with Gasteiger partial charge in [0.2, 0.25) is 0 Å². The van der Waals surface area contributed by atoms with Crippen LogP contribution in [0, 0.1) is 0 Å². The van der Waals surface area contributed by atoms with Gasteiger partial charge in [0.25, 0.3) is 0 Å². The molecule has 2 aromatic rings. The Morgan fingerprint density at radius 2 is 1.93 bits per heavy atom. The maximum Gasteiger partial charge on any atom is 0.0443 e. The number of hydrogen-bond acceptors (Lipinski definition) is 1. The molecule has 1 atom stereocenters. The first-order valence-electron chi connectivity index (χ1n) is 4.67. The summed E-state index contributed by atoms with van der Waals surface area (Å²) in [6.45, 7) is 0. The summed E-state index contributed by atoms with van der Waals surface area (Å²) in [5, 5.41) is 2.89. The van der Waals surface area contributed by atoms with Gasteiger partial charge in [-0.2, -0.15) is 0 Å². The molecule has 0 nitrogen and oxygen atoms in total. The lowest BCUT2D eigenvalue weighted by molar-refractivity contribution is 0.969. The van der Waals surface area contributed by atoms with Crippen molar-refractivity contribution < 1.29 is 0 Å². The standard InChI is InChI=1S/C12H10BrClS/c13-12(8-11-2-1-7-15-11)9-3-5-10(14)6-4-9/h1-7,12H,8H2. The molecular formula is C12H10BrClS. The van der Waals surface area contributed by atoms with Gasteiger partial charge in [0.05, 0.1) is 0 Å². The van der Waals surface area contributed by atoms with E-state index in [0.29, 0.717) is 4.83 Å². The molecule has 1 unspecified atom stereocenters. The average Bonchev–Trinajstić information content (AvgIpc) is 2.71. The summed E-state index contributed by atoms with van der Waals surface area (Å²) < 4.78 is 0. The van der Waals surface area contributed by atoms with Crippen molar-refractivity contribution in [2.24, 2.45) is 0 Å². The molecule has 0 saturated carbocycles. The Hall–Kier alpha value is -0.310. The molecule has 78 valence electrons. The van der Waals surface area contributed by atoms with Crippen molar-refractivity contribution in [1.82, 2.24) is 0 Å². The Kier molecular flexibility index (Phi) is 3.84. The molecule has 0 N–H and O–H groups in total. The first-order chi connectivity index (χ1) is 7.25. The fourth-order valence-corrected chi connectivity index (χ4v) is 3.14. The second kappa shape index (κ2) is 5.15. The molecule has 0 aliphatic heterocycles. The Bertz CT molecular complexity index is 408. The Labute approximate surface area is 107 Å². The monoisotopic (exact) mass is 300 g/mol. The molecule has 1 aromatic carbocycles. The van der Waals surface area contributed by atoms with E-state index in [1.54, 1.807) is 11.3 Å². The lowest BCUT2D eigenvalue weighted by Gasteiger charge is -2.08. The lowest BCUT2D eigenvalue weighted by atomic mass is 10.1. The Morgan fingerprint density at radius 3 is 2.53 bits per heavy atom. The maximum absolute atomic E-state index is 5.85. The molecule has 0 bridgehead atoms. The fraction of sp³-hybridized carbons (Fsp3) is 0.167. The Balaban J connectivity index is 2.08. The average molecular weight is 302 g/mol. The quantitative estimate of drug-likeness (QED) is 0.694.